The molecule has 2 aromatic rings. The second-order valence-corrected chi connectivity index (χ2v) is 5.58. The molecule has 6 nitrogen and oxygen atoms in total. The predicted molar refractivity (Wildman–Crippen MR) is 73.7 cm³/mol. The lowest BCUT2D eigenvalue weighted by Crippen LogP contribution is -2.22. The maximum Gasteiger partial charge on any atom is 0.240 e. The molecule has 3 rings (SSSR count). The summed E-state index contributed by atoms with van der Waals surface area (Å²) >= 11 is 0. The maximum atomic E-state index is 5.34. The molecule has 2 heterocycles. The van der Waals surface area contributed by atoms with Crippen LogP contribution in [0.3, 0.4) is 0 Å². The second-order valence-electron chi connectivity index (χ2n) is 5.58. The van der Waals surface area contributed by atoms with Gasteiger partial charge >= 0.3 is 0 Å². The lowest BCUT2D eigenvalue weighted by atomic mass is 10.3. The standard InChI is InChI=1S/C14H21N5O/c1-3-19(9-12-7-15-18(2)8-12)10-14-16-13(17-20-14)6-11-4-5-11/h7-8,11H,3-6,9-10H2,1-2H3. The average molecular weight is 275 g/mol. The van der Waals surface area contributed by atoms with Crippen molar-refractivity contribution in [3.05, 3.63) is 29.7 Å². The van der Waals surface area contributed by atoms with E-state index in [0.717, 1.165) is 31.3 Å². The number of rotatable bonds is 7. The largest absolute Gasteiger partial charge is 0.338 e. The van der Waals surface area contributed by atoms with Crippen LogP contribution in [0.15, 0.2) is 16.9 Å². The monoisotopic (exact) mass is 275 g/mol. The van der Waals surface area contributed by atoms with Gasteiger partial charge in [0.1, 0.15) is 0 Å². The van der Waals surface area contributed by atoms with E-state index in [1.807, 2.05) is 24.1 Å². The smallest absolute Gasteiger partial charge is 0.240 e. The van der Waals surface area contributed by atoms with Gasteiger partial charge in [-0.3, -0.25) is 9.58 Å². The van der Waals surface area contributed by atoms with E-state index >= 15 is 0 Å². The summed E-state index contributed by atoms with van der Waals surface area (Å²) in [6, 6.07) is 0. The van der Waals surface area contributed by atoms with Crippen LogP contribution in [-0.4, -0.2) is 31.4 Å². The van der Waals surface area contributed by atoms with Gasteiger partial charge in [-0.15, -0.1) is 0 Å². The van der Waals surface area contributed by atoms with Gasteiger partial charge in [-0.05, 0) is 25.3 Å². The molecule has 1 saturated carbocycles. The molecule has 0 radical (unpaired) electrons. The molecule has 6 heteroatoms. The number of nitrogens with zero attached hydrogens (tertiary/aromatic N) is 5. The van der Waals surface area contributed by atoms with Crippen LogP contribution < -0.4 is 0 Å². The van der Waals surface area contributed by atoms with Gasteiger partial charge in [0.15, 0.2) is 5.82 Å². The third-order valence-corrected chi connectivity index (χ3v) is 3.65. The van der Waals surface area contributed by atoms with Crippen LogP contribution in [-0.2, 0) is 26.6 Å². The topological polar surface area (TPSA) is 60.0 Å². The molecule has 0 aromatic carbocycles. The highest BCUT2D eigenvalue weighted by Gasteiger charge is 2.24. The number of aromatic nitrogens is 4. The fraction of sp³-hybridized carbons (Fsp3) is 0.643. The lowest BCUT2D eigenvalue weighted by molar-refractivity contribution is 0.228. The third kappa shape index (κ3) is 3.45. The van der Waals surface area contributed by atoms with E-state index in [1.54, 1.807) is 0 Å². The molecule has 0 aliphatic heterocycles. The molecule has 0 saturated heterocycles. The van der Waals surface area contributed by atoms with E-state index in [2.05, 4.69) is 27.1 Å². The van der Waals surface area contributed by atoms with Gasteiger partial charge in [0.25, 0.3) is 0 Å². The fourth-order valence-electron chi connectivity index (χ4n) is 2.30. The van der Waals surface area contributed by atoms with Crippen molar-refractivity contribution in [1.29, 1.82) is 0 Å². The molecule has 1 aliphatic carbocycles. The van der Waals surface area contributed by atoms with Crippen molar-refractivity contribution in [3.63, 3.8) is 0 Å². The van der Waals surface area contributed by atoms with E-state index < -0.39 is 0 Å². The Morgan fingerprint density at radius 1 is 1.40 bits per heavy atom. The molecular weight excluding hydrogens is 254 g/mol. The summed E-state index contributed by atoms with van der Waals surface area (Å²) in [6.07, 6.45) is 7.53. The molecule has 0 amide bonds. The van der Waals surface area contributed by atoms with Crippen molar-refractivity contribution in [1.82, 2.24) is 24.8 Å². The third-order valence-electron chi connectivity index (χ3n) is 3.65. The molecule has 1 fully saturated rings. The SMILES string of the molecule is CCN(Cc1cnn(C)c1)Cc1nc(CC2CC2)no1. The Hall–Kier alpha value is -1.69. The highest BCUT2D eigenvalue weighted by Crippen LogP contribution is 2.31. The molecule has 0 spiro atoms. The van der Waals surface area contributed by atoms with Gasteiger partial charge < -0.3 is 4.52 Å². The minimum Gasteiger partial charge on any atom is -0.338 e. The first kappa shape index (κ1) is 13.3. The van der Waals surface area contributed by atoms with Crippen molar-refractivity contribution in [3.8, 4) is 0 Å². The lowest BCUT2D eigenvalue weighted by Gasteiger charge is -2.16. The summed E-state index contributed by atoms with van der Waals surface area (Å²) in [7, 11) is 1.93. The number of hydrogen-bond acceptors (Lipinski definition) is 5. The van der Waals surface area contributed by atoms with Crippen molar-refractivity contribution in [2.24, 2.45) is 13.0 Å². The van der Waals surface area contributed by atoms with Crippen molar-refractivity contribution in [2.75, 3.05) is 6.54 Å². The Labute approximate surface area is 118 Å². The Balaban J connectivity index is 1.57. The van der Waals surface area contributed by atoms with E-state index in [0.29, 0.717) is 12.4 Å². The van der Waals surface area contributed by atoms with Gasteiger partial charge in [-0.25, -0.2) is 0 Å². The summed E-state index contributed by atoms with van der Waals surface area (Å²) < 4.78 is 7.17. The van der Waals surface area contributed by atoms with Crippen LogP contribution in [0.2, 0.25) is 0 Å². The van der Waals surface area contributed by atoms with Crippen LogP contribution in [0.5, 0.6) is 0 Å². The molecular formula is C14H21N5O. The first-order valence-electron chi connectivity index (χ1n) is 7.24. The van der Waals surface area contributed by atoms with Gasteiger partial charge in [0.2, 0.25) is 5.89 Å². The van der Waals surface area contributed by atoms with E-state index in [9.17, 15) is 0 Å². The van der Waals surface area contributed by atoms with Crippen LogP contribution in [0.25, 0.3) is 0 Å². The molecule has 0 unspecified atom stereocenters. The minimum absolute atomic E-state index is 0.697. The van der Waals surface area contributed by atoms with E-state index in [-0.39, 0.29) is 0 Å². The average Bonchev–Trinajstić information content (AvgIpc) is 2.98. The summed E-state index contributed by atoms with van der Waals surface area (Å²) in [6.45, 7) is 4.63. The first-order chi connectivity index (χ1) is 9.72. The molecule has 20 heavy (non-hydrogen) atoms. The summed E-state index contributed by atoms with van der Waals surface area (Å²) in [5.41, 5.74) is 1.20. The molecule has 0 bridgehead atoms. The summed E-state index contributed by atoms with van der Waals surface area (Å²) in [5.74, 6) is 2.37. The normalized spacial score (nSPS) is 15.2. The predicted octanol–water partition coefficient (Wildman–Crippen LogP) is 1.78. The summed E-state index contributed by atoms with van der Waals surface area (Å²) in [5, 5.41) is 8.26. The van der Waals surface area contributed by atoms with Gasteiger partial charge in [0, 0.05) is 31.8 Å². The zero-order chi connectivity index (χ0) is 13.9. The molecule has 0 atom stereocenters. The zero-order valence-corrected chi connectivity index (χ0v) is 12.1. The van der Waals surface area contributed by atoms with Gasteiger partial charge in [-0.2, -0.15) is 10.1 Å². The highest BCUT2D eigenvalue weighted by atomic mass is 16.5. The molecule has 0 N–H and O–H groups in total. The van der Waals surface area contributed by atoms with Crippen LogP contribution in [0.4, 0.5) is 0 Å². The summed E-state index contributed by atoms with van der Waals surface area (Å²) in [4.78, 5) is 6.75. The first-order valence-corrected chi connectivity index (χ1v) is 7.24. The Morgan fingerprint density at radius 2 is 2.25 bits per heavy atom. The van der Waals surface area contributed by atoms with Crippen molar-refractivity contribution < 1.29 is 4.52 Å². The Bertz CT molecular complexity index is 557. The van der Waals surface area contributed by atoms with Crippen molar-refractivity contribution in [2.45, 2.75) is 39.3 Å². The number of aryl methyl sites for hydroxylation is 1. The van der Waals surface area contributed by atoms with E-state index in [1.165, 1.54) is 18.4 Å². The van der Waals surface area contributed by atoms with Gasteiger partial charge in [0.05, 0.1) is 12.7 Å². The quantitative estimate of drug-likeness (QED) is 0.771. The van der Waals surface area contributed by atoms with Crippen molar-refractivity contribution >= 4 is 0 Å². The fourth-order valence-corrected chi connectivity index (χ4v) is 2.30. The number of hydrogen-bond donors (Lipinski definition) is 0. The van der Waals surface area contributed by atoms with Gasteiger partial charge in [-0.1, -0.05) is 12.1 Å². The molecule has 108 valence electrons. The minimum atomic E-state index is 0.697. The second kappa shape index (κ2) is 5.75. The Morgan fingerprint density at radius 3 is 2.90 bits per heavy atom. The molecule has 1 aliphatic rings. The molecule has 2 aromatic heterocycles. The van der Waals surface area contributed by atoms with E-state index in [4.69, 9.17) is 4.52 Å². The highest BCUT2D eigenvalue weighted by molar-refractivity contribution is 5.03. The zero-order valence-electron chi connectivity index (χ0n) is 12.1. The van der Waals surface area contributed by atoms with Crippen LogP contribution in [0.1, 0.15) is 37.0 Å². The van der Waals surface area contributed by atoms with Crippen LogP contribution >= 0.6 is 0 Å². The Kier molecular flexibility index (Phi) is 3.82. The van der Waals surface area contributed by atoms with Crippen LogP contribution in [0, 0.1) is 5.92 Å². The maximum absolute atomic E-state index is 5.34.